The van der Waals surface area contributed by atoms with Crippen LogP contribution in [0.15, 0.2) is 18.2 Å². The minimum atomic E-state index is 0.0969. The van der Waals surface area contributed by atoms with E-state index in [1.54, 1.807) is 0 Å². The Labute approximate surface area is 130 Å². The van der Waals surface area contributed by atoms with E-state index >= 15 is 0 Å². The Kier molecular flexibility index (Phi) is 4.67. The summed E-state index contributed by atoms with van der Waals surface area (Å²) in [6.07, 6.45) is 2.49. The topological polar surface area (TPSA) is 21.3 Å². The van der Waals surface area contributed by atoms with Gasteiger partial charge in [0.2, 0.25) is 0 Å². The van der Waals surface area contributed by atoms with Gasteiger partial charge in [0.05, 0.1) is 0 Å². The standard InChI is InChI=1S/C19H31NO/c1-18(2,3)14-9-10-17(16(12-14)19(4,5)6)21-13-15-8-7-11-20-15/h9-10,12,15,20H,7-8,11,13H2,1-6H3. The summed E-state index contributed by atoms with van der Waals surface area (Å²) in [7, 11) is 0. The van der Waals surface area contributed by atoms with Crippen molar-refractivity contribution in [2.75, 3.05) is 13.2 Å². The summed E-state index contributed by atoms with van der Waals surface area (Å²) in [5.74, 6) is 1.05. The third-order valence-electron chi connectivity index (χ3n) is 4.26. The fourth-order valence-corrected chi connectivity index (χ4v) is 2.80. The molecule has 2 rings (SSSR count). The van der Waals surface area contributed by atoms with Crippen LogP contribution < -0.4 is 10.1 Å². The molecule has 1 aromatic carbocycles. The van der Waals surface area contributed by atoms with Crippen molar-refractivity contribution in [2.45, 2.75) is 71.3 Å². The van der Waals surface area contributed by atoms with E-state index in [4.69, 9.17) is 4.74 Å². The van der Waals surface area contributed by atoms with Crippen LogP contribution in [-0.4, -0.2) is 19.2 Å². The lowest BCUT2D eigenvalue weighted by Gasteiger charge is -2.27. The van der Waals surface area contributed by atoms with Crippen molar-refractivity contribution < 1.29 is 4.74 Å². The van der Waals surface area contributed by atoms with Crippen LogP contribution in [0, 0.1) is 0 Å². The molecule has 0 amide bonds. The van der Waals surface area contributed by atoms with Crippen LogP contribution in [0.25, 0.3) is 0 Å². The van der Waals surface area contributed by atoms with Gasteiger partial charge in [-0.15, -0.1) is 0 Å². The third-order valence-corrected chi connectivity index (χ3v) is 4.26. The molecule has 0 aromatic heterocycles. The highest BCUT2D eigenvalue weighted by molar-refractivity contribution is 5.43. The van der Waals surface area contributed by atoms with E-state index < -0.39 is 0 Å². The van der Waals surface area contributed by atoms with Gasteiger partial charge >= 0.3 is 0 Å². The summed E-state index contributed by atoms with van der Waals surface area (Å²) in [4.78, 5) is 0. The molecule has 0 radical (unpaired) electrons. The van der Waals surface area contributed by atoms with E-state index in [-0.39, 0.29) is 10.8 Å². The molecule has 2 nitrogen and oxygen atoms in total. The van der Waals surface area contributed by atoms with E-state index in [1.165, 1.54) is 24.0 Å². The minimum absolute atomic E-state index is 0.0969. The summed E-state index contributed by atoms with van der Waals surface area (Å²) < 4.78 is 6.15. The SMILES string of the molecule is CC(C)(C)c1ccc(OCC2CCCN2)c(C(C)(C)C)c1. The monoisotopic (exact) mass is 289 g/mol. The fourth-order valence-electron chi connectivity index (χ4n) is 2.80. The normalized spacial score (nSPS) is 19.8. The summed E-state index contributed by atoms with van der Waals surface area (Å²) in [6.45, 7) is 15.5. The Morgan fingerprint density at radius 2 is 1.81 bits per heavy atom. The zero-order valence-corrected chi connectivity index (χ0v) is 14.5. The van der Waals surface area contributed by atoms with Gasteiger partial charge in [0.15, 0.2) is 0 Å². The zero-order chi connectivity index (χ0) is 15.7. The van der Waals surface area contributed by atoms with Crippen molar-refractivity contribution in [2.24, 2.45) is 0 Å². The molecule has 1 aromatic rings. The Bertz CT molecular complexity index is 473. The molecule has 2 heteroatoms. The molecule has 0 aliphatic carbocycles. The second-order valence-corrected chi connectivity index (χ2v) is 8.32. The lowest BCUT2D eigenvalue weighted by Crippen LogP contribution is -2.29. The van der Waals surface area contributed by atoms with Crippen LogP contribution in [-0.2, 0) is 10.8 Å². The molecule has 1 aliphatic rings. The Morgan fingerprint density at radius 3 is 2.33 bits per heavy atom. The van der Waals surface area contributed by atoms with Crippen molar-refractivity contribution in [3.8, 4) is 5.75 Å². The zero-order valence-electron chi connectivity index (χ0n) is 14.5. The van der Waals surface area contributed by atoms with Crippen molar-refractivity contribution in [3.63, 3.8) is 0 Å². The van der Waals surface area contributed by atoms with E-state index in [0.717, 1.165) is 18.9 Å². The number of rotatable bonds is 3. The average Bonchev–Trinajstić information content (AvgIpc) is 2.87. The predicted molar refractivity (Wildman–Crippen MR) is 90.4 cm³/mol. The van der Waals surface area contributed by atoms with Crippen molar-refractivity contribution in [1.29, 1.82) is 0 Å². The number of ether oxygens (including phenoxy) is 1. The van der Waals surface area contributed by atoms with Gasteiger partial charge in [-0.05, 0) is 47.4 Å². The van der Waals surface area contributed by atoms with E-state index in [9.17, 15) is 0 Å². The maximum atomic E-state index is 6.15. The quantitative estimate of drug-likeness (QED) is 0.890. The second-order valence-electron chi connectivity index (χ2n) is 8.32. The van der Waals surface area contributed by atoms with E-state index in [2.05, 4.69) is 65.1 Å². The Hall–Kier alpha value is -1.02. The lowest BCUT2D eigenvalue weighted by molar-refractivity contribution is 0.270. The molecule has 1 atom stereocenters. The molecule has 1 aliphatic heterocycles. The van der Waals surface area contributed by atoms with Crippen molar-refractivity contribution >= 4 is 0 Å². The highest BCUT2D eigenvalue weighted by Gasteiger charge is 2.24. The number of benzene rings is 1. The van der Waals surface area contributed by atoms with Crippen LogP contribution in [0.4, 0.5) is 0 Å². The molecule has 1 heterocycles. The van der Waals surface area contributed by atoms with E-state index in [1.807, 2.05) is 0 Å². The van der Waals surface area contributed by atoms with Gasteiger partial charge in [-0.2, -0.15) is 0 Å². The van der Waals surface area contributed by atoms with Crippen LogP contribution in [0.5, 0.6) is 5.75 Å². The average molecular weight is 289 g/mol. The van der Waals surface area contributed by atoms with Gasteiger partial charge in [-0.25, -0.2) is 0 Å². The Morgan fingerprint density at radius 1 is 1.10 bits per heavy atom. The van der Waals surface area contributed by atoms with Gasteiger partial charge in [0.25, 0.3) is 0 Å². The van der Waals surface area contributed by atoms with Gasteiger partial charge in [-0.1, -0.05) is 53.7 Å². The maximum absolute atomic E-state index is 6.15. The first-order chi connectivity index (χ1) is 9.68. The second kappa shape index (κ2) is 6.00. The molecule has 1 fully saturated rings. The Balaban J connectivity index is 2.23. The maximum Gasteiger partial charge on any atom is 0.123 e. The van der Waals surface area contributed by atoms with Crippen LogP contribution in [0.2, 0.25) is 0 Å². The predicted octanol–water partition coefficient (Wildman–Crippen LogP) is 4.41. The summed E-state index contributed by atoms with van der Waals surface area (Å²) >= 11 is 0. The molecular weight excluding hydrogens is 258 g/mol. The molecule has 1 unspecified atom stereocenters. The molecule has 0 spiro atoms. The van der Waals surface area contributed by atoms with Crippen molar-refractivity contribution in [1.82, 2.24) is 5.32 Å². The molecule has 1 N–H and O–H groups in total. The molecule has 1 saturated heterocycles. The van der Waals surface area contributed by atoms with Crippen LogP contribution in [0.1, 0.15) is 65.5 Å². The summed E-state index contributed by atoms with van der Waals surface area (Å²) in [5.41, 5.74) is 2.96. The van der Waals surface area contributed by atoms with Gasteiger partial charge in [0, 0.05) is 6.04 Å². The first-order valence-electron chi connectivity index (χ1n) is 8.19. The first-order valence-corrected chi connectivity index (χ1v) is 8.19. The van der Waals surface area contributed by atoms with Crippen LogP contribution in [0.3, 0.4) is 0 Å². The highest BCUT2D eigenvalue weighted by atomic mass is 16.5. The molecule has 0 saturated carbocycles. The molecule has 21 heavy (non-hydrogen) atoms. The largest absolute Gasteiger partial charge is 0.492 e. The van der Waals surface area contributed by atoms with Crippen molar-refractivity contribution in [3.05, 3.63) is 29.3 Å². The van der Waals surface area contributed by atoms with E-state index in [0.29, 0.717) is 6.04 Å². The number of hydrogen-bond donors (Lipinski definition) is 1. The number of hydrogen-bond acceptors (Lipinski definition) is 2. The molecular formula is C19H31NO. The summed E-state index contributed by atoms with van der Waals surface area (Å²) in [5, 5.41) is 3.50. The van der Waals surface area contributed by atoms with Gasteiger partial charge in [0.1, 0.15) is 12.4 Å². The number of nitrogens with one attached hydrogen (secondary N) is 1. The third kappa shape index (κ3) is 4.23. The minimum Gasteiger partial charge on any atom is -0.492 e. The smallest absolute Gasteiger partial charge is 0.123 e. The fraction of sp³-hybridized carbons (Fsp3) is 0.684. The first kappa shape index (κ1) is 16.4. The van der Waals surface area contributed by atoms with Gasteiger partial charge in [-0.3, -0.25) is 0 Å². The molecule has 0 bridgehead atoms. The van der Waals surface area contributed by atoms with Crippen LogP contribution >= 0.6 is 0 Å². The lowest BCUT2D eigenvalue weighted by atomic mass is 9.80. The molecule has 118 valence electrons. The highest BCUT2D eigenvalue weighted by Crippen LogP contribution is 2.35. The summed E-state index contributed by atoms with van der Waals surface area (Å²) in [6, 6.07) is 7.22. The van der Waals surface area contributed by atoms with Gasteiger partial charge < -0.3 is 10.1 Å².